The molecule has 0 unspecified atom stereocenters. The summed E-state index contributed by atoms with van der Waals surface area (Å²) >= 11 is 0. The maximum atomic E-state index is 12.5. The smallest absolute Gasteiger partial charge is 0.311 e. The fraction of sp³-hybridized carbons (Fsp3) is 0.600. The van der Waals surface area contributed by atoms with Gasteiger partial charge in [-0.3, -0.25) is 19.7 Å². The second-order valence-electron chi connectivity index (χ2n) is 7.81. The molecule has 1 aliphatic heterocycles. The fourth-order valence-electron chi connectivity index (χ4n) is 4.19. The van der Waals surface area contributed by atoms with Gasteiger partial charge in [0, 0.05) is 31.1 Å². The van der Waals surface area contributed by atoms with Crippen LogP contribution in [0.25, 0.3) is 0 Å². The van der Waals surface area contributed by atoms with E-state index in [9.17, 15) is 19.7 Å². The summed E-state index contributed by atoms with van der Waals surface area (Å²) in [5, 5.41) is 10.7. The highest BCUT2D eigenvalue weighted by Gasteiger charge is 2.42. The summed E-state index contributed by atoms with van der Waals surface area (Å²) in [6.07, 6.45) is 3.52. The number of carbonyl (C=O) groups is 2. The molecular formula is C20H26N2O5. The minimum Gasteiger partial charge on any atom is -0.461 e. The maximum absolute atomic E-state index is 12.5. The Bertz CT molecular complexity index is 718. The number of nitrogens with zero attached hydrogens (tertiary/aromatic N) is 2. The van der Waals surface area contributed by atoms with Crippen LogP contribution in [0.1, 0.15) is 45.1 Å². The number of carbonyl (C=O) groups excluding carboxylic acids is 2. The summed E-state index contributed by atoms with van der Waals surface area (Å²) in [7, 11) is 0. The number of non-ortho nitro benzene ring substituents is 1. The summed E-state index contributed by atoms with van der Waals surface area (Å²) in [6, 6.07) is 6.13. The lowest BCUT2D eigenvalue weighted by Gasteiger charge is -2.39. The van der Waals surface area contributed by atoms with Gasteiger partial charge in [-0.2, -0.15) is 0 Å². The van der Waals surface area contributed by atoms with E-state index in [0.29, 0.717) is 23.9 Å². The zero-order chi connectivity index (χ0) is 19.6. The van der Waals surface area contributed by atoms with E-state index in [-0.39, 0.29) is 36.6 Å². The third-order valence-corrected chi connectivity index (χ3v) is 6.08. The Balaban J connectivity index is 1.55. The molecule has 0 spiro atoms. The molecule has 2 aliphatic rings. The monoisotopic (exact) mass is 374 g/mol. The highest BCUT2D eigenvalue weighted by molar-refractivity contribution is 5.87. The van der Waals surface area contributed by atoms with Crippen molar-refractivity contribution in [1.82, 2.24) is 4.90 Å². The SMILES string of the molecule is C[C@@H]1[C@@H](C)CCC[C@@H]1N1C[C@H](C(=O)OCc2ccc([N+](=O)[O-])cc2)CC1=O. The zero-order valence-electron chi connectivity index (χ0n) is 15.8. The molecule has 1 amide bonds. The van der Waals surface area contributed by atoms with Crippen molar-refractivity contribution in [3.05, 3.63) is 39.9 Å². The number of esters is 1. The van der Waals surface area contributed by atoms with Gasteiger partial charge in [0.15, 0.2) is 0 Å². The van der Waals surface area contributed by atoms with Crippen LogP contribution in [0.3, 0.4) is 0 Å². The van der Waals surface area contributed by atoms with Crippen LogP contribution in [0.15, 0.2) is 24.3 Å². The summed E-state index contributed by atoms with van der Waals surface area (Å²) in [5.41, 5.74) is 0.683. The van der Waals surface area contributed by atoms with Crippen LogP contribution in [-0.2, 0) is 20.9 Å². The lowest BCUT2D eigenvalue weighted by molar-refractivity contribution is -0.384. The molecular weight excluding hydrogens is 348 g/mol. The third kappa shape index (κ3) is 4.28. The molecule has 1 saturated carbocycles. The van der Waals surface area contributed by atoms with Gasteiger partial charge in [0.2, 0.25) is 5.91 Å². The van der Waals surface area contributed by atoms with Crippen molar-refractivity contribution in [3.8, 4) is 0 Å². The second-order valence-corrected chi connectivity index (χ2v) is 7.81. The lowest BCUT2D eigenvalue weighted by Crippen LogP contribution is -2.45. The van der Waals surface area contributed by atoms with E-state index < -0.39 is 10.8 Å². The number of hydrogen-bond donors (Lipinski definition) is 0. The largest absolute Gasteiger partial charge is 0.461 e. The predicted molar refractivity (Wildman–Crippen MR) is 98.7 cm³/mol. The molecule has 7 nitrogen and oxygen atoms in total. The molecule has 2 fully saturated rings. The van der Waals surface area contributed by atoms with Gasteiger partial charge in [-0.15, -0.1) is 0 Å². The molecule has 1 aliphatic carbocycles. The number of likely N-dealkylation sites (tertiary alicyclic amines) is 1. The average Bonchev–Trinajstić information content (AvgIpc) is 3.04. The van der Waals surface area contributed by atoms with Gasteiger partial charge in [-0.05, 0) is 36.0 Å². The first-order valence-corrected chi connectivity index (χ1v) is 9.56. The molecule has 4 atom stereocenters. The minimum atomic E-state index is -0.471. The number of rotatable bonds is 5. The molecule has 3 rings (SSSR count). The molecule has 0 N–H and O–H groups in total. The quantitative estimate of drug-likeness (QED) is 0.448. The Morgan fingerprint density at radius 1 is 1.26 bits per heavy atom. The molecule has 0 radical (unpaired) electrons. The van der Waals surface area contributed by atoms with E-state index in [1.807, 2.05) is 4.90 Å². The van der Waals surface area contributed by atoms with Crippen LogP contribution in [0.4, 0.5) is 5.69 Å². The van der Waals surface area contributed by atoms with Crippen molar-refractivity contribution in [3.63, 3.8) is 0 Å². The van der Waals surface area contributed by atoms with Gasteiger partial charge in [-0.25, -0.2) is 0 Å². The topological polar surface area (TPSA) is 89.8 Å². The maximum Gasteiger partial charge on any atom is 0.311 e. The van der Waals surface area contributed by atoms with Crippen molar-refractivity contribution < 1.29 is 19.2 Å². The number of ether oxygens (including phenoxy) is 1. The van der Waals surface area contributed by atoms with E-state index in [1.165, 1.54) is 18.6 Å². The van der Waals surface area contributed by atoms with Crippen LogP contribution in [0, 0.1) is 27.9 Å². The Morgan fingerprint density at radius 3 is 2.63 bits per heavy atom. The van der Waals surface area contributed by atoms with Crippen molar-refractivity contribution in [2.24, 2.45) is 17.8 Å². The standard InChI is InChI=1S/C20H26N2O5/c1-13-4-3-5-18(14(13)2)21-11-16(10-19(21)23)20(24)27-12-15-6-8-17(9-7-15)22(25)26/h6-9,13-14,16,18H,3-5,10-12H2,1-2H3/t13-,14+,16+,18-/m0/s1. The first-order chi connectivity index (χ1) is 12.9. The summed E-state index contributed by atoms with van der Waals surface area (Å²) in [4.78, 5) is 37.0. The van der Waals surface area contributed by atoms with Crippen LogP contribution in [0.5, 0.6) is 0 Å². The average molecular weight is 374 g/mol. The number of amides is 1. The summed E-state index contributed by atoms with van der Waals surface area (Å²) < 4.78 is 5.36. The van der Waals surface area contributed by atoms with E-state index in [4.69, 9.17) is 4.74 Å². The van der Waals surface area contributed by atoms with E-state index in [1.54, 1.807) is 12.1 Å². The van der Waals surface area contributed by atoms with Crippen LogP contribution in [-0.4, -0.2) is 34.3 Å². The Hall–Kier alpha value is -2.44. The van der Waals surface area contributed by atoms with Gasteiger partial charge in [0.1, 0.15) is 6.61 Å². The molecule has 1 aromatic rings. The Kier molecular flexibility index (Phi) is 5.77. The lowest BCUT2D eigenvalue weighted by atomic mass is 9.77. The van der Waals surface area contributed by atoms with Gasteiger partial charge in [0.25, 0.3) is 5.69 Å². The van der Waals surface area contributed by atoms with Crippen molar-refractivity contribution in [2.75, 3.05) is 6.54 Å². The number of nitro groups is 1. The first-order valence-electron chi connectivity index (χ1n) is 9.56. The highest BCUT2D eigenvalue weighted by Crippen LogP contribution is 2.36. The number of hydrogen-bond acceptors (Lipinski definition) is 5. The molecule has 1 aromatic carbocycles. The highest BCUT2D eigenvalue weighted by atomic mass is 16.6. The van der Waals surface area contributed by atoms with Crippen LogP contribution >= 0.6 is 0 Å². The minimum absolute atomic E-state index is 0.00191. The molecule has 27 heavy (non-hydrogen) atoms. The zero-order valence-corrected chi connectivity index (χ0v) is 15.8. The number of benzene rings is 1. The summed E-state index contributed by atoms with van der Waals surface area (Å²) in [6.45, 7) is 4.91. The molecule has 0 aromatic heterocycles. The van der Waals surface area contributed by atoms with Crippen molar-refractivity contribution in [1.29, 1.82) is 0 Å². The van der Waals surface area contributed by atoms with E-state index >= 15 is 0 Å². The molecule has 0 bridgehead atoms. The second kappa shape index (κ2) is 8.06. The van der Waals surface area contributed by atoms with Gasteiger partial charge >= 0.3 is 5.97 Å². The molecule has 7 heteroatoms. The van der Waals surface area contributed by atoms with E-state index in [2.05, 4.69) is 13.8 Å². The van der Waals surface area contributed by atoms with E-state index in [0.717, 1.165) is 12.8 Å². The first kappa shape index (κ1) is 19.3. The number of nitro benzene ring substituents is 1. The van der Waals surface area contributed by atoms with Crippen LogP contribution < -0.4 is 0 Å². The Labute approximate surface area is 158 Å². The predicted octanol–water partition coefficient (Wildman–Crippen LogP) is 3.31. The summed E-state index contributed by atoms with van der Waals surface area (Å²) in [5.74, 6) is 0.265. The van der Waals surface area contributed by atoms with Gasteiger partial charge < -0.3 is 9.64 Å². The molecule has 146 valence electrons. The molecule has 1 heterocycles. The van der Waals surface area contributed by atoms with Crippen molar-refractivity contribution >= 4 is 17.6 Å². The fourth-order valence-corrected chi connectivity index (χ4v) is 4.19. The van der Waals surface area contributed by atoms with Crippen LogP contribution in [0.2, 0.25) is 0 Å². The van der Waals surface area contributed by atoms with Gasteiger partial charge in [0.05, 0.1) is 10.8 Å². The Morgan fingerprint density at radius 2 is 1.96 bits per heavy atom. The third-order valence-electron chi connectivity index (χ3n) is 6.08. The normalized spacial score (nSPS) is 28.2. The van der Waals surface area contributed by atoms with Crippen molar-refractivity contribution in [2.45, 2.75) is 52.2 Å². The van der Waals surface area contributed by atoms with Gasteiger partial charge in [-0.1, -0.05) is 26.7 Å². The molecule has 1 saturated heterocycles.